The molecule has 2 unspecified atom stereocenters. The van der Waals surface area contributed by atoms with Gasteiger partial charge < -0.3 is 24.8 Å². The van der Waals surface area contributed by atoms with E-state index in [-0.39, 0.29) is 24.2 Å². The SMILES string of the molecule is O=C(N1CCC(O)(Cn2ccc(Cl)cc2=O)C2(CCCC2)C1)N1CCNCC1c1ccccc1. The number of carbonyl (C=O) groups is 1. The fourth-order valence-electron chi connectivity index (χ4n) is 6.25. The molecule has 1 saturated carbocycles. The van der Waals surface area contributed by atoms with Gasteiger partial charge in [-0.1, -0.05) is 54.8 Å². The van der Waals surface area contributed by atoms with Gasteiger partial charge in [0.15, 0.2) is 0 Å². The Morgan fingerprint density at radius 3 is 2.62 bits per heavy atom. The van der Waals surface area contributed by atoms with Crippen molar-refractivity contribution in [1.29, 1.82) is 0 Å². The number of piperazine rings is 1. The predicted molar refractivity (Wildman–Crippen MR) is 132 cm³/mol. The highest BCUT2D eigenvalue weighted by atomic mass is 35.5. The Morgan fingerprint density at radius 2 is 1.88 bits per heavy atom. The van der Waals surface area contributed by atoms with E-state index < -0.39 is 11.0 Å². The van der Waals surface area contributed by atoms with Crippen molar-refractivity contribution < 1.29 is 9.90 Å². The van der Waals surface area contributed by atoms with Crippen LogP contribution in [0.1, 0.15) is 43.7 Å². The van der Waals surface area contributed by atoms with Crippen molar-refractivity contribution in [3.63, 3.8) is 0 Å². The molecule has 5 rings (SSSR count). The van der Waals surface area contributed by atoms with Crippen molar-refractivity contribution in [3.8, 4) is 0 Å². The van der Waals surface area contributed by atoms with Gasteiger partial charge in [0.2, 0.25) is 0 Å². The molecule has 1 aliphatic carbocycles. The lowest BCUT2D eigenvalue weighted by atomic mass is 9.66. The van der Waals surface area contributed by atoms with E-state index in [1.807, 2.05) is 28.0 Å². The van der Waals surface area contributed by atoms with Crippen LogP contribution in [-0.4, -0.2) is 63.8 Å². The van der Waals surface area contributed by atoms with E-state index in [1.165, 1.54) is 6.07 Å². The topological polar surface area (TPSA) is 77.8 Å². The molecule has 7 nitrogen and oxygen atoms in total. The number of hydrogen-bond acceptors (Lipinski definition) is 4. The van der Waals surface area contributed by atoms with Crippen molar-refractivity contribution in [2.45, 2.75) is 50.3 Å². The first-order valence-electron chi connectivity index (χ1n) is 12.3. The summed E-state index contributed by atoms with van der Waals surface area (Å²) in [7, 11) is 0. The Balaban J connectivity index is 1.38. The number of likely N-dealkylation sites (tertiary alicyclic amines) is 1. The zero-order valence-electron chi connectivity index (χ0n) is 19.5. The lowest BCUT2D eigenvalue weighted by molar-refractivity contribution is -0.136. The first kappa shape index (κ1) is 23.4. The van der Waals surface area contributed by atoms with Gasteiger partial charge in [-0.25, -0.2) is 4.79 Å². The van der Waals surface area contributed by atoms with Gasteiger partial charge in [-0.2, -0.15) is 0 Å². The number of nitrogens with one attached hydrogen (secondary N) is 1. The number of amides is 2. The molecule has 3 fully saturated rings. The minimum absolute atomic E-state index is 0.00423. The number of aliphatic hydroxyl groups is 1. The molecule has 8 heteroatoms. The second-order valence-corrected chi connectivity index (χ2v) is 10.5. The van der Waals surface area contributed by atoms with Crippen LogP contribution in [0.4, 0.5) is 4.79 Å². The summed E-state index contributed by atoms with van der Waals surface area (Å²) in [5.41, 5.74) is -0.524. The number of halogens is 1. The van der Waals surface area contributed by atoms with Gasteiger partial charge >= 0.3 is 6.03 Å². The molecule has 0 radical (unpaired) electrons. The molecule has 2 N–H and O–H groups in total. The molecule has 1 aromatic carbocycles. The maximum absolute atomic E-state index is 13.8. The van der Waals surface area contributed by atoms with E-state index in [2.05, 4.69) is 17.4 Å². The molecule has 2 aliphatic heterocycles. The molecule has 0 bridgehead atoms. The van der Waals surface area contributed by atoms with Crippen LogP contribution in [0.25, 0.3) is 0 Å². The second-order valence-electron chi connectivity index (χ2n) is 10.1. The molecular formula is C26H33ClN4O3. The molecule has 2 amide bonds. The minimum Gasteiger partial charge on any atom is -0.387 e. The number of urea groups is 1. The van der Waals surface area contributed by atoms with E-state index >= 15 is 0 Å². The standard InChI is InChI=1S/C26H33ClN4O3/c27-21-8-13-29(23(32)16-21)19-26(34)11-14-30(18-25(26)9-4-5-10-25)24(33)31-15-12-28-17-22(31)20-6-2-1-3-7-20/h1-3,6-8,13,16,22,28,34H,4-5,9-12,14-15,17-19H2. The van der Waals surface area contributed by atoms with Crippen molar-refractivity contribution in [2.75, 3.05) is 32.7 Å². The van der Waals surface area contributed by atoms with Crippen molar-refractivity contribution >= 4 is 17.6 Å². The molecular weight excluding hydrogens is 452 g/mol. The van der Waals surface area contributed by atoms with Crippen LogP contribution in [0.5, 0.6) is 0 Å². The average Bonchev–Trinajstić information content (AvgIpc) is 3.33. The van der Waals surface area contributed by atoms with Gasteiger partial charge in [-0.15, -0.1) is 0 Å². The highest BCUT2D eigenvalue weighted by Gasteiger charge is 2.56. The molecule has 3 aliphatic rings. The van der Waals surface area contributed by atoms with Crippen molar-refractivity contribution in [3.05, 3.63) is 69.6 Å². The third-order valence-electron chi connectivity index (χ3n) is 8.17. The predicted octanol–water partition coefficient (Wildman–Crippen LogP) is 3.27. The Bertz CT molecular complexity index is 1080. The number of piperidine rings is 1. The summed E-state index contributed by atoms with van der Waals surface area (Å²) in [5.74, 6) is 0. The molecule has 2 aromatic rings. The van der Waals surface area contributed by atoms with E-state index in [0.29, 0.717) is 31.1 Å². The molecule has 3 heterocycles. The Kier molecular flexibility index (Phi) is 6.44. The van der Waals surface area contributed by atoms with Crippen LogP contribution in [0.2, 0.25) is 5.02 Å². The zero-order chi connectivity index (χ0) is 23.8. The summed E-state index contributed by atoms with van der Waals surface area (Å²) in [5, 5.41) is 15.8. The van der Waals surface area contributed by atoms with Gasteiger partial charge in [0.25, 0.3) is 5.56 Å². The van der Waals surface area contributed by atoms with Gasteiger partial charge in [-0.05, 0) is 30.9 Å². The van der Waals surface area contributed by atoms with Crippen LogP contribution < -0.4 is 10.9 Å². The van der Waals surface area contributed by atoms with Gasteiger partial charge in [0.1, 0.15) is 0 Å². The summed E-state index contributed by atoms with van der Waals surface area (Å²) in [6.07, 6.45) is 5.89. The van der Waals surface area contributed by atoms with E-state index in [0.717, 1.165) is 44.3 Å². The van der Waals surface area contributed by atoms with E-state index in [1.54, 1.807) is 16.8 Å². The summed E-state index contributed by atoms with van der Waals surface area (Å²) >= 11 is 5.97. The Labute approximate surface area is 205 Å². The number of carbonyl (C=O) groups excluding carboxylic acids is 1. The number of benzene rings is 1. The lowest BCUT2D eigenvalue weighted by Gasteiger charge is -2.53. The number of aromatic nitrogens is 1. The smallest absolute Gasteiger partial charge is 0.320 e. The average molecular weight is 485 g/mol. The molecule has 182 valence electrons. The van der Waals surface area contributed by atoms with Gasteiger partial charge in [0.05, 0.1) is 18.2 Å². The van der Waals surface area contributed by atoms with Crippen LogP contribution in [0.3, 0.4) is 0 Å². The zero-order valence-corrected chi connectivity index (χ0v) is 20.2. The number of hydrogen-bond donors (Lipinski definition) is 2. The van der Waals surface area contributed by atoms with Crippen molar-refractivity contribution in [2.24, 2.45) is 5.41 Å². The fraction of sp³-hybridized carbons (Fsp3) is 0.538. The third kappa shape index (κ3) is 4.25. The fourth-order valence-corrected chi connectivity index (χ4v) is 6.40. The van der Waals surface area contributed by atoms with E-state index in [9.17, 15) is 14.7 Å². The maximum atomic E-state index is 13.8. The summed E-state index contributed by atoms with van der Waals surface area (Å²) in [6, 6.07) is 13.3. The van der Waals surface area contributed by atoms with Crippen LogP contribution >= 0.6 is 11.6 Å². The second kappa shape index (κ2) is 9.36. The highest BCUT2D eigenvalue weighted by molar-refractivity contribution is 6.30. The first-order valence-corrected chi connectivity index (χ1v) is 12.7. The van der Waals surface area contributed by atoms with E-state index in [4.69, 9.17) is 11.6 Å². The number of pyridine rings is 1. The molecule has 1 spiro atoms. The summed E-state index contributed by atoms with van der Waals surface area (Å²) in [6.45, 7) is 3.40. The van der Waals surface area contributed by atoms with Gasteiger partial charge in [0, 0.05) is 55.4 Å². The first-order chi connectivity index (χ1) is 16.4. The Hall–Kier alpha value is -2.35. The van der Waals surface area contributed by atoms with Gasteiger partial charge in [-0.3, -0.25) is 4.79 Å². The monoisotopic (exact) mass is 484 g/mol. The molecule has 34 heavy (non-hydrogen) atoms. The maximum Gasteiger partial charge on any atom is 0.320 e. The minimum atomic E-state index is -1.04. The van der Waals surface area contributed by atoms with Crippen molar-refractivity contribution in [1.82, 2.24) is 19.7 Å². The largest absolute Gasteiger partial charge is 0.387 e. The number of rotatable bonds is 3. The van der Waals surface area contributed by atoms with Crippen LogP contribution in [0.15, 0.2) is 53.5 Å². The summed E-state index contributed by atoms with van der Waals surface area (Å²) in [4.78, 5) is 30.2. The molecule has 2 saturated heterocycles. The Morgan fingerprint density at radius 1 is 1.12 bits per heavy atom. The van der Waals surface area contributed by atoms with Crippen LogP contribution in [0, 0.1) is 5.41 Å². The third-order valence-corrected chi connectivity index (χ3v) is 8.41. The molecule has 2 atom stereocenters. The molecule has 1 aromatic heterocycles. The van der Waals surface area contributed by atoms with Crippen LogP contribution in [-0.2, 0) is 6.54 Å². The quantitative estimate of drug-likeness (QED) is 0.701. The number of nitrogens with zero attached hydrogens (tertiary/aromatic N) is 3. The highest BCUT2D eigenvalue weighted by Crippen LogP contribution is 2.51. The summed E-state index contributed by atoms with van der Waals surface area (Å²) < 4.78 is 1.56. The normalized spacial score (nSPS) is 26.7. The lowest BCUT2D eigenvalue weighted by Crippen LogP contribution is -2.64.